The first-order chi connectivity index (χ1) is 13.3. The van der Waals surface area contributed by atoms with Gasteiger partial charge in [-0.3, -0.25) is 4.79 Å². The molecule has 2 aliphatic rings. The minimum Gasteiger partial charge on any atom is -0.399 e. The largest absolute Gasteiger partial charge is 0.399 e. The number of nitrogens with two attached hydrogens (primary N) is 1. The fraction of sp³-hybridized carbons (Fsp3) is 0.381. The normalized spacial score (nSPS) is 19.0. The number of carbonyl (C=O) groups is 1. The maximum atomic E-state index is 13.1. The fourth-order valence-corrected chi connectivity index (χ4v) is 5.53. The van der Waals surface area contributed by atoms with E-state index in [0.29, 0.717) is 17.9 Å². The number of hydrogen-bond donors (Lipinski definition) is 2. The summed E-state index contributed by atoms with van der Waals surface area (Å²) in [4.78, 5) is 13.8. The Hall–Kier alpha value is -2.38. The van der Waals surface area contributed by atoms with Gasteiger partial charge >= 0.3 is 0 Å². The zero-order chi connectivity index (χ0) is 19.9. The molecule has 0 bridgehead atoms. The highest BCUT2D eigenvalue weighted by Gasteiger charge is 2.28. The van der Waals surface area contributed by atoms with Crippen LogP contribution in [0.25, 0.3) is 0 Å². The van der Waals surface area contributed by atoms with Gasteiger partial charge in [0.05, 0.1) is 4.90 Å². The van der Waals surface area contributed by atoms with Gasteiger partial charge in [0.2, 0.25) is 15.9 Å². The summed E-state index contributed by atoms with van der Waals surface area (Å²) in [5, 5.41) is 0. The molecular weight excluding hydrogens is 374 g/mol. The molecule has 148 valence electrons. The summed E-state index contributed by atoms with van der Waals surface area (Å²) in [6.45, 7) is 2.13. The van der Waals surface area contributed by atoms with Crippen LogP contribution in [-0.4, -0.2) is 20.9 Å². The molecule has 1 aliphatic heterocycles. The van der Waals surface area contributed by atoms with Gasteiger partial charge in [-0.05, 0) is 73.1 Å². The molecule has 1 unspecified atom stereocenters. The zero-order valence-electron chi connectivity index (χ0n) is 15.9. The summed E-state index contributed by atoms with van der Waals surface area (Å²) in [6.07, 6.45) is 4.31. The molecule has 0 radical (unpaired) electrons. The molecule has 2 aromatic carbocycles. The van der Waals surface area contributed by atoms with Crippen LogP contribution in [0.1, 0.15) is 48.9 Å². The van der Waals surface area contributed by atoms with Crippen LogP contribution in [0.3, 0.4) is 0 Å². The first kappa shape index (κ1) is 19.0. The molecule has 1 amide bonds. The van der Waals surface area contributed by atoms with Gasteiger partial charge in [0.1, 0.15) is 0 Å². The van der Waals surface area contributed by atoms with Crippen LogP contribution in [0, 0.1) is 0 Å². The number of carbonyl (C=O) groups excluding carboxylic acids is 1. The number of fused-ring (bicyclic) bond motifs is 2. The highest BCUT2D eigenvalue weighted by atomic mass is 32.2. The summed E-state index contributed by atoms with van der Waals surface area (Å²) < 4.78 is 29.1. The summed E-state index contributed by atoms with van der Waals surface area (Å²) in [6, 6.07) is 10.5. The smallest absolute Gasteiger partial charge is 0.241 e. The predicted molar refractivity (Wildman–Crippen MR) is 110 cm³/mol. The van der Waals surface area contributed by atoms with Crippen molar-refractivity contribution >= 4 is 27.3 Å². The Morgan fingerprint density at radius 3 is 2.68 bits per heavy atom. The highest BCUT2D eigenvalue weighted by Crippen LogP contribution is 2.34. The van der Waals surface area contributed by atoms with E-state index < -0.39 is 10.0 Å². The van der Waals surface area contributed by atoms with Crippen molar-refractivity contribution in [2.75, 3.05) is 17.2 Å². The maximum Gasteiger partial charge on any atom is 0.241 e. The van der Waals surface area contributed by atoms with Crippen molar-refractivity contribution in [1.29, 1.82) is 0 Å². The van der Waals surface area contributed by atoms with E-state index >= 15 is 0 Å². The number of benzene rings is 2. The lowest BCUT2D eigenvalue weighted by molar-refractivity contribution is -0.116. The summed E-state index contributed by atoms with van der Waals surface area (Å²) in [5.74, 6) is -0.0674. The average molecular weight is 400 g/mol. The molecule has 0 fully saturated rings. The van der Waals surface area contributed by atoms with Gasteiger partial charge in [0.15, 0.2) is 0 Å². The molecule has 1 heterocycles. The molecule has 2 aromatic rings. The Kier molecular flexibility index (Phi) is 4.89. The molecule has 6 nitrogen and oxygen atoms in total. The van der Waals surface area contributed by atoms with Gasteiger partial charge in [0, 0.05) is 30.9 Å². The van der Waals surface area contributed by atoms with E-state index in [1.165, 1.54) is 6.92 Å². The third-order valence-electron chi connectivity index (χ3n) is 5.64. The lowest BCUT2D eigenvalue weighted by atomic mass is 9.88. The fourth-order valence-electron chi connectivity index (χ4n) is 4.26. The minimum absolute atomic E-state index is 0.0674. The van der Waals surface area contributed by atoms with Crippen molar-refractivity contribution < 1.29 is 13.2 Å². The molecule has 4 rings (SSSR count). The lowest BCUT2D eigenvalue weighted by Gasteiger charge is -2.29. The maximum absolute atomic E-state index is 13.1. The first-order valence-corrected chi connectivity index (χ1v) is 11.1. The topological polar surface area (TPSA) is 92.5 Å². The van der Waals surface area contributed by atoms with E-state index in [1.807, 2.05) is 24.3 Å². The van der Waals surface area contributed by atoms with Gasteiger partial charge in [-0.15, -0.1) is 0 Å². The van der Waals surface area contributed by atoms with E-state index in [4.69, 9.17) is 5.73 Å². The number of sulfonamides is 1. The van der Waals surface area contributed by atoms with Crippen LogP contribution in [0.4, 0.5) is 11.4 Å². The van der Waals surface area contributed by atoms with E-state index in [0.717, 1.165) is 48.8 Å². The zero-order valence-corrected chi connectivity index (χ0v) is 16.8. The number of anilines is 2. The van der Waals surface area contributed by atoms with Crippen LogP contribution in [0.2, 0.25) is 0 Å². The summed E-state index contributed by atoms with van der Waals surface area (Å²) in [7, 11) is -3.71. The second-order valence-electron chi connectivity index (χ2n) is 7.59. The molecule has 1 atom stereocenters. The van der Waals surface area contributed by atoms with E-state index in [2.05, 4.69) is 4.72 Å². The molecule has 1 aliphatic carbocycles. The van der Waals surface area contributed by atoms with Crippen molar-refractivity contribution in [2.24, 2.45) is 0 Å². The number of amides is 1. The molecule has 28 heavy (non-hydrogen) atoms. The van der Waals surface area contributed by atoms with Crippen LogP contribution >= 0.6 is 0 Å². The number of nitrogens with one attached hydrogen (secondary N) is 1. The van der Waals surface area contributed by atoms with Crippen LogP contribution < -0.4 is 15.4 Å². The molecular formula is C21H25N3O3S. The standard InChI is InChI=1S/C21H25N3O3S/c1-14(25)24-11-3-5-15-7-9-18(13-21(15)24)28(26,27)23-20-6-2-4-16-12-17(22)8-10-19(16)20/h7-10,12-13,20,23H,2-6,11,22H2,1H3. The SMILES string of the molecule is CC(=O)N1CCCc2ccc(S(=O)(=O)NC3CCCc4cc(N)ccc43)cc21. The Balaban J connectivity index is 1.65. The van der Waals surface area contributed by atoms with Gasteiger partial charge in [-0.2, -0.15) is 0 Å². The van der Waals surface area contributed by atoms with Crippen molar-refractivity contribution in [3.05, 3.63) is 53.1 Å². The Labute approximate surface area is 165 Å². The first-order valence-electron chi connectivity index (χ1n) is 9.67. The Morgan fingerprint density at radius 1 is 1.11 bits per heavy atom. The molecule has 3 N–H and O–H groups in total. The van der Waals surface area contributed by atoms with Crippen molar-refractivity contribution in [3.8, 4) is 0 Å². The second kappa shape index (κ2) is 7.22. The number of nitrogens with zero attached hydrogens (tertiary/aromatic N) is 1. The number of aryl methyl sites for hydroxylation is 2. The van der Waals surface area contributed by atoms with Gasteiger partial charge < -0.3 is 10.6 Å². The highest BCUT2D eigenvalue weighted by molar-refractivity contribution is 7.89. The van der Waals surface area contributed by atoms with Crippen molar-refractivity contribution in [2.45, 2.75) is 50.0 Å². The number of hydrogen-bond acceptors (Lipinski definition) is 4. The lowest BCUT2D eigenvalue weighted by Crippen LogP contribution is -2.34. The molecule has 0 spiro atoms. The third kappa shape index (κ3) is 3.52. The van der Waals surface area contributed by atoms with Crippen LogP contribution in [-0.2, 0) is 27.7 Å². The minimum atomic E-state index is -3.71. The van der Waals surface area contributed by atoms with Crippen molar-refractivity contribution in [1.82, 2.24) is 4.72 Å². The van der Waals surface area contributed by atoms with Crippen LogP contribution in [0.5, 0.6) is 0 Å². The van der Waals surface area contributed by atoms with E-state index in [1.54, 1.807) is 17.0 Å². The molecule has 0 saturated heterocycles. The Morgan fingerprint density at radius 2 is 1.89 bits per heavy atom. The van der Waals surface area contributed by atoms with Gasteiger partial charge in [-0.25, -0.2) is 13.1 Å². The van der Waals surface area contributed by atoms with Crippen LogP contribution in [0.15, 0.2) is 41.3 Å². The van der Waals surface area contributed by atoms with Gasteiger partial charge in [0.25, 0.3) is 0 Å². The molecule has 0 aromatic heterocycles. The summed E-state index contributed by atoms with van der Waals surface area (Å²) >= 11 is 0. The average Bonchev–Trinajstić information content (AvgIpc) is 2.66. The molecule has 0 saturated carbocycles. The monoisotopic (exact) mass is 399 g/mol. The van der Waals surface area contributed by atoms with E-state index in [9.17, 15) is 13.2 Å². The van der Waals surface area contributed by atoms with Gasteiger partial charge in [-0.1, -0.05) is 12.1 Å². The number of nitrogen functional groups attached to an aromatic ring is 1. The summed E-state index contributed by atoms with van der Waals surface area (Å²) in [5.41, 5.74) is 10.4. The Bertz CT molecular complexity index is 1030. The molecule has 7 heteroatoms. The quantitative estimate of drug-likeness (QED) is 0.776. The van der Waals surface area contributed by atoms with Crippen molar-refractivity contribution in [3.63, 3.8) is 0 Å². The third-order valence-corrected chi connectivity index (χ3v) is 7.11. The van der Waals surface area contributed by atoms with E-state index in [-0.39, 0.29) is 16.8 Å². The predicted octanol–water partition coefficient (Wildman–Crippen LogP) is 2.92. The number of rotatable bonds is 3. The second-order valence-corrected chi connectivity index (χ2v) is 9.30.